The number of furan rings is 1. The van der Waals surface area contributed by atoms with Crippen LogP contribution in [0.2, 0.25) is 0 Å². The lowest BCUT2D eigenvalue weighted by atomic mass is 10.1. The van der Waals surface area contributed by atoms with Crippen molar-refractivity contribution in [1.82, 2.24) is 14.7 Å². The van der Waals surface area contributed by atoms with E-state index in [0.29, 0.717) is 6.54 Å². The quantitative estimate of drug-likeness (QED) is 0.671. The van der Waals surface area contributed by atoms with E-state index in [4.69, 9.17) is 4.42 Å². The zero-order valence-electron chi connectivity index (χ0n) is 13.7. The summed E-state index contributed by atoms with van der Waals surface area (Å²) < 4.78 is 45.3. The van der Waals surface area contributed by atoms with Crippen molar-refractivity contribution in [2.45, 2.75) is 19.3 Å². The van der Waals surface area contributed by atoms with Gasteiger partial charge in [-0.05, 0) is 35.9 Å². The molecule has 136 valence electrons. The van der Waals surface area contributed by atoms with Crippen LogP contribution in [0.5, 0.6) is 0 Å². The minimum Gasteiger partial charge on any atom is -0.467 e. The first kappa shape index (κ1) is 17.8. The molecule has 0 N–H and O–H groups in total. The number of hydrogen-bond acceptors (Lipinski definition) is 3. The molecule has 0 fully saturated rings. The van der Waals surface area contributed by atoms with Crippen LogP contribution in [0.25, 0.3) is 0 Å². The molecule has 0 spiro atoms. The third-order valence-corrected chi connectivity index (χ3v) is 3.69. The highest BCUT2D eigenvalue weighted by molar-refractivity contribution is 5.94. The molecule has 0 bridgehead atoms. The van der Waals surface area contributed by atoms with Crippen LogP contribution in [0, 0.1) is 0 Å². The first-order valence-electron chi connectivity index (χ1n) is 7.85. The predicted octanol–water partition coefficient (Wildman–Crippen LogP) is 3.73. The van der Waals surface area contributed by atoms with Crippen LogP contribution in [0.4, 0.5) is 13.2 Å². The number of amides is 1. The van der Waals surface area contributed by atoms with Gasteiger partial charge in [-0.25, -0.2) is 0 Å². The minimum atomic E-state index is -4.50. The van der Waals surface area contributed by atoms with Gasteiger partial charge in [0.1, 0.15) is 12.3 Å². The summed E-state index contributed by atoms with van der Waals surface area (Å²) >= 11 is 0. The van der Waals surface area contributed by atoms with Crippen LogP contribution in [0.15, 0.2) is 65.5 Å². The van der Waals surface area contributed by atoms with E-state index >= 15 is 0 Å². The molecule has 0 unspecified atom stereocenters. The minimum absolute atomic E-state index is 0.185. The summed E-state index contributed by atoms with van der Waals surface area (Å²) in [6.45, 7) is -1.08. The summed E-state index contributed by atoms with van der Waals surface area (Å²) in [5.41, 5.74) is 1.07. The van der Waals surface area contributed by atoms with Gasteiger partial charge < -0.3 is 9.32 Å². The van der Waals surface area contributed by atoms with Crippen molar-refractivity contribution in [1.29, 1.82) is 0 Å². The Hall–Kier alpha value is -3.03. The lowest BCUT2D eigenvalue weighted by molar-refractivity contribution is -0.142. The number of carbonyl (C=O) groups excluding carboxylic acids is 1. The Bertz CT molecular complexity index is 826. The van der Waals surface area contributed by atoms with Crippen LogP contribution in [-0.4, -0.2) is 33.3 Å². The molecular weight excluding hydrogens is 347 g/mol. The van der Waals surface area contributed by atoms with Crippen molar-refractivity contribution in [2.24, 2.45) is 0 Å². The van der Waals surface area contributed by atoms with Crippen molar-refractivity contribution < 1.29 is 22.4 Å². The van der Waals surface area contributed by atoms with E-state index < -0.39 is 18.6 Å². The summed E-state index contributed by atoms with van der Waals surface area (Å²) in [6, 6.07) is 11.3. The van der Waals surface area contributed by atoms with E-state index in [-0.39, 0.29) is 17.9 Å². The molecule has 0 aliphatic rings. The van der Waals surface area contributed by atoms with Crippen molar-refractivity contribution >= 4 is 5.91 Å². The molecule has 0 aliphatic carbocycles. The van der Waals surface area contributed by atoms with Gasteiger partial charge in [0.25, 0.3) is 5.91 Å². The Morgan fingerprint density at radius 2 is 1.92 bits per heavy atom. The van der Waals surface area contributed by atoms with Crippen molar-refractivity contribution in [3.63, 3.8) is 0 Å². The van der Waals surface area contributed by atoms with Crippen LogP contribution in [-0.2, 0) is 13.1 Å². The average Bonchev–Trinajstić information content (AvgIpc) is 3.27. The Morgan fingerprint density at radius 3 is 2.50 bits per heavy atom. The molecular formula is C18H16F3N3O2. The first-order valence-corrected chi connectivity index (χ1v) is 7.85. The molecule has 1 aromatic carbocycles. The van der Waals surface area contributed by atoms with Crippen molar-refractivity contribution in [3.8, 4) is 0 Å². The van der Waals surface area contributed by atoms with Gasteiger partial charge in [-0.1, -0.05) is 12.1 Å². The topological polar surface area (TPSA) is 51.3 Å². The lowest BCUT2D eigenvalue weighted by Gasteiger charge is -2.23. The first-order chi connectivity index (χ1) is 12.4. The van der Waals surface area contributed by atoms with Gasteiger partial charge in [0, 0.05) is 18.0 Å². The molecule has 1 amide bonds. The fraction of sp³-hybridized carbons (Fsp3) is 0.222. The van der Waals surface area contributed by atoms with E-state index in [1.165, 1.54) is 24.5 Å². The SMILES string of the molecule is O=C(c1ccc(Cn2cccn2)cc1)N(Cc1ccco1)CC(F)(F)F. The fourth-order valence-corrected chi connectivity index (χ4v) is 2.52. The second-order valence-electron chi connectivity index (χ2n) is 5.76. The summed E-state index contributed by atoms with van der Waals surface area (Å²) in [5.74, 6) is -0.415. The van der Waals surface area contributed by atoms with E-state index in [2.05, 4.69) is 5.10 Å². The highest BCUT2D eigenvalue weighted by atomic mass is 19.4. The Balaban J connectivity index is 1.74. The second-order valence-corrected chi connectivity index (χ2v) is 5.76. The van der Waals surface area contributed by atoms with Crippen LogP contribution in [0.1, 0.15) is 21.7 Å². The van der Waals surface area contributed by atoms with E-state index in [9.17, 15) is 18.0 Å². The largest absolute Gasteiger partial charge is 0.467 e. The number of aromatic nitrogens is 2. The zero-order valence-corrected chi connectivity index (χ0v) is 13.7. The average molecular weight is 363 g/mol. The van der Waals surface area contributed by atoms with Gasteiger partial charge in [0.2, 0.25) is 0 Å². The van der Waals surface area contributed by atoms with E-state index in [1.54, 1.807) is 41.3 Å². The number of rotatable bonds is 6. The van der Waals surface area contributed by atoms with E-state index in [0.717, 1.165) is 10.5 Å². The molecule has 0 radical (unpaired) electrons. The smallest absolute Gasteiger partial charge is 0.406 e. The van der Waals surface area contributed by atoms with Gasteiger partial charge in [-0.15, -0.1) is 0 Å². The molecule has 0 saturated heterocycles. The maximum Gasteiger partial charge on any atom is 0.406 e. The van der Waals surface area contributed by atoms with Crippen molar-refractivity contribution in [2.75, 3.05) is 6.54 Å². The van der Waals surface area contributed by atoms with Crippen molar-refractivity contribution in [3.05, 3.63) is 78.0 Å². The summed E-state index contributed by atoms with van der Waals surface area (Å²) in [4.78, 5) is 13.3. The van der Waals surface area contributed by atoms with Gasteiger partial charge in [-0.3, -0.25) is 9.48 Å². The predicted molar refractivity (Wildman–Crippen MR) is 87.3 cm³/mol. The number of nitrogens with zero attached hydrogens (tertiary/aromatic N) is 3. The molecule has 0 saturated carbocycles. The molecule has 3 rings (SSSR count). The number of hydrogen-bond donors (Lipinski definition) is 0. The monoisotopic (exact) mass is 363 g/mol. The molecule has 26 heavy (non-hydrogen) atoms. The number of benzene rings is 1. The Morgan fingerprint density at radius 1 is 1.15 bits per heavy atom. The molecule has 2 heterocycles. The number of halogens is 3. The molecule has 3 aromatic rings. The summed E-state index contributed by atoms with van der Waals surface area (Å²) in [7, 11) is 0. The van der Waals surface area contributed by atoms with Crippen LogP contribution in [0.3, 0.4) is 0 Å². The molecule has 2 aromatic heterocycles. The Kier molecular flexibility index (Phi) is 5.11. The fourth-order valence-electron chi connectivity index (χ4n) is 2.52. The molecule has 0 atom stereocenters. The van der Waals surface area contributed by atoms with Gasteiger partial charge in [-0.2, -0.15) is 18.3 Å². The number of alkyl halides is 3. The molecule has 8 heteroatoms. The highest BCUT2D eigenvalue weighted by Crippen LogP contribution is 2.20. The lowest BCUT2D eigenvalue weighted by Crippen LogP contribution is -2.38. The molecule has 0 aliphatic heterocycles. The third-order valence-electron chi connectivity index (χ3n) is 3.69. The number of carbonyl (C=O) groups is 1. The third kappa shape index (κ3) is 4.75. The molecule has 5 nitrogen and oxygen atoms in total. The van der Waals surface area contributed by atoms with Crippen LogP contribution < -0.4 is 0 Å². The van der Waals surface area contributed by atoms with Gasteiger partial charge >= 0.3 is 6.18 Å². The standard InChI is InChI=1S/C18H16F3N3O2/c19-18(20,21)13-23(12-16-3-1-10-26-16)17(25)15-6-4-14(5-7-15)11-24-9-2-8-22-24/h1-10H,11-13H2. The Labute approximate surface area is 147 Å². The highest BCUT2D eigenvalue weighted by Gasteiger charge is 2.33. The van der Waals surface area contributed by atoms with Gasteiger partial charge in [0.05, 0.1) is 19.4 Å². The maximum atomic E-state index is 12.9. The summed E-state index contributed by atoms with van der Waals surface area (Å²) in [6.07, 6.45) is 0.312. The normalized spacial score (nSPS) is 11.5. The van der Waals surface area contributed by atoms with Crippen LogP contribution >= 0.6 is 0 Å². The second kappa shape index (κ2) is 7.47. The van der Waals surface area contributed by atoms with Gasteiger partial charge in [0.15, 0.2) is 0 Å². The summed E-state index contributed by atoms with van der Waals surface area (Å²) in [5, 5.41) is 4.09. The maximum absolute atomic E-state index is 12.9. The van der Waals surface area contributed by atoms with E-state index in [1.807, 2.05) is 0 Å². The zero-order chi connectivity index (χ0) is 18.6.